The van der Waals surface area contributed by atoms with Crippen molar-refractivity contribution in [3.63, 3.8) is 0 Å². The van der Waals surface area contributed by atoms with Crippen LogP contribution in [0.3, 0.4) is 0 Å². The maximum Gasteiger partial charge on any atom is 0.318 e. The number of ether oxygens (including phenoxy) is 3. The smallest absolute Gasteiger partial charge is 0.318 e. The second-order valence-electron chi connectivity index (χ2n) is 8.51. The Morgan fingerprint density at radius 2 is 1.69 bits per heavy atom. The fourth-order valence-corrected chi connectivity index (χ4v) is 5.07. The van der Waals surface area contributed by atoms with Crippen LogP contribution in [-0.4, -0.2) is 42.5 Å². The van der Waals surface area contributed by atoms with E-state index >= 15 is 0 Å². The summed E-state index contributed by atoms with van der Waals surface area (Å²) in [5, 5.41) is 6.73. The Kier molecular flexibility index (Phi) is 6.38. The van der Waals surface area contributed by atoms with E-state index in [1.807, 2.05) is 12.1 Å². The molecule has 0 amide bonds. The van der Waals surface area contributed by atoms with Gasteiger partial charge in [-0.25, -0.2) is 9.97 Å². The van der Waals surface area contributed by atoms with Crippen molar-refractivity contribution in [2.75, 3.05) is 26.6 Å². The number of nitrogens with zero attached hydrogens (tertiary/aromatic N) is 2. The highest BCUT2D eigenvalue weighted by Gasteiger charge is 2.26. The summed E-state index contributed by atoms with van der Waals surface area (Å²) in [4.78, 5) is 21.5. The molecule has 0 bridgehead atoms. The van der Waals surface area contributed by atoms with E-state index < -0.39 is 5.25 Å². The van der Waals surface area contributed by atoms with E-state index in [4.69, 9.17) is 24.2 Å². The minimum absolute atomic E-state index is 0.331. The molecule has 35 heavy (non-hydrogen) atoms. The van der Waals surface area contributed by atoms with Crippen molar-refractivity contribution < 1.29 is 19.0 Å². The summed E-state index contributed by atoms with van der Waals surface area (Å²) in [6, 6.07) is 16.5. The number of anilines is 2. The van der Waals surface area contributed by atoms with E-state index in [-0.39, 0.29) is 5.97 Å². The van der Waals surface area contributed by atoms with Crippen LogP contribution in [0, 0.1) is 0 Å². The molecule has 0 spiro atoms. The lowest BCUT2D eigenvalue weighted by Crippen LogP contribution is -2.15. The Morgan fingerprint density at radius 3 is 2.37 bits per heavy atom. The molecule has 7 nitrogen and oxygen atoms in total. The molecule has 4 aromatic rings. The second kappa shape index (κ2) is 9.62. The first-order chi connectivity index (χ1) is 17.0. The maximum absolute atomic E-state index is 12.0. The van der Waals surface area contributed by atoms with Crippen LogP contribution in [0.15, 0.2) is 53.7 Å². The number of esters is 1. The average molecular weight is 490 g/mol. The van der Waals surface area contributed by atoms with E-state index in [0.29, 0.717) is 33.9 Å². The summed E-state index contributed by atoms with van der Waals surface area (Å²) in [7, 11) is 4.57. The first kappa shape index (κ1) is 23.2. The molecule has 5 rings (SSSR count). The molecular weight excluding hydrogens is 462 g/mol. The number of hydrogen-bond donors (Lipinski definition) is 1. The summed E-state index contributed by atoms with van der Waals surface area (Å²) >= 11 is 1.25. The number of carbonyl (C=O) groups is 1. The van der Waals surface area contributed by atoms with Gasteiger partial charge in [0.05, 0.1) is 26.8 Å². The van der Waals surface area contributed by atoms with E-state index in [2.05, 4.69) is 41.7 Å². The Bertz CT molecular complexity index is 1420. The van der Waals surface area contributed by atoms with Gasteiger partial charge in [0, 0.05) is 22.5 Å². The molecule has 1 heterocycles. The van der Waals surface area contributed by atoms with E-state index in [1.165, 1.54) is 42.7 Å². The Labute approximate surface area is 208 Å². The summed E-state index contributed by atoms with van der Waals surface area (Å²) in [5.41, 5.74) is 3.03. The number of rotatable bonds is 8. The third-order valence-electron chi connectivity index (χ3n) is 6.22. The predicted molar refractivity (Wildman–Crippen MR) is 139 cm³/mol. The van der Waals surface area contributed by atoms with Crippen LogP contribution in [0.4, 0.5) is 11.5 Å². The van der Waals surface area contributed by atoms with Crippen LogP contribution < -0.4 is 14.8 Å². The molecule has 1 fully saturated rings. The maximum atomic E-state index is 12.0. The molecule has 1 aliphatic carbocycles. The van der Waals surface area contributed by atoms with Crippen LogP contribution in [0.5, 0.6) is 11.5 Å². The fraction of sp³-hybridized carbons (Fsp3) is 0.296. The van der Waals surface area contributed by atoms with Gasteiger partial charge in [0.2, 0.25) is 0 Å². The first-order valence-corrected chi connectivity index (χ1v) is 12.4. The Hall–Kier alpha value is -3.52. The molecule has 1 aromatic heterocycles. The molecule has 180 valence electrons. The highest BCUT2D eigenvalue weighted by atomic mass is 32.2. The van der Waals surface area contributed by atoms with Gasteiger partial charge in [-0.15, -0.1) is 0 Å². The zero-order valence-corrected chi connectivity index (χ0v) is 20.9. The summed E-state index contributed by atoms with van der Waals surface area (Å²) < 4.78 is 15.9. The molecule has 1 atom stereocenters. The lowest BCUT2D eigenvalue weighted by atomic mass is 9.99. The number of fused-ring (bicyclic) bond motifs is 2. The van der Waals surface area contributed by atoms with Crippen LogP contribution in [0.2, 0.25) is 0 Å². The van der Waals surface area contributed by atoms with Gasteiger partial charge in [-0.1, -0.05) is 42.1 Å². The van der Waals surface area contributed by atoms with Gasteiger partial charge < -0.3 is 19.5 Å². The molecule has 1 unspecified atom stereocenters. The highest BCUT2D eigenvalue weighted by Crippen LogP contribution is 2.45. The monoisotopic (exact) mass is 489 g/mol. The lowest BCUT2D eigenvalue weighted by Gasteiger charge is -2.16. The summed E-state index contributed by atoms with van der Waals surface area (Å²) in [6.07, 6.45) is 2.49. The number of aromatic nitrogens is 2. The Balaban J connectivity index is 1.64. The minimum Gasteiger partial charge on any atom is -0.493 e. The van der Waals surface area contributed by atoms with Gasteiger partial charge >= 0.3 is 5.97 Å². The molecule has 1 saturated carbocycles. The zero-order chi connectivity index (χ0) is 24.5. The van der Waals surface area contributed by atoms with Crippen LogP contribution in [-0.2, 0) is 9.53 Å². The largest absolute Gasteiger partial charge is 0.493 e. The molecule has 0 saturated heterocycles. The van der Waals surface area contributed by atoms with Gasteiger partial charge in [0.25, 0.3) is 0 Å². The quantitative estimate of drug-likeness (QED) is 0.181. The van der Waals surface area contributed by atoms with Crippen molar-refractivity contribution >= 4 is 50.9 Å². The number of thioether (sulfide) groups is 1. The predicted octanol–water partition coefficient (Wildman–Crippen LogP) is 6.07. The normalized spacial score (nSPS) is 14.1. The van der Waals surface area contributed by atoms with Gasteiger partial charge in [0.15, 0.2) is 16.7 Å². The number of nitrogens with one attached hydrogen (secondary N) is 1. The highest BCUT2D eigenvalue weighted by molar-refractivity contribution is 8.00. The molecule has 8 heteroatoms. The third kappa shape index (κ3) is 4.58. The van der Waals surface area contributed by atoms with Gasteiger partial charge in [-0.2, -0.15) is 0 Å². The van der Waals surface area contributed by atoms with Crippen LogP contribution in [0.1, 0.15) is 31.2 Å². The molecular formula is C27H27N3O4S. The van der Waals surface area contributed by atoms with Crippen molar-refractivity contribution in [1.82, 2.24) is 9.97 Å². The third-order valence-corrected chi connectivity index (χ3v) is 7.16. The fourth-order valence-electron chi connectivity index (χ4n) is 4.26. The minimum atomic E-state index is -0.455. The second-order valence-corrected chi connectivity index (χ2v) is 9.82. The lowest BCUT2D eigenvalue weighted by molar-refractivity contribution is -0.139. The van der Waals surface area contributed by atoms with Gasteiger partial charge in [0.1, 0.15) is 11.1 Å². The topological polar surface area (TPSA) is 82.6 Å². The molecule has 0 radical (unpaired) electrons. The standard InChI is InChI=1S/C27H27N3O4S/c1-15(26(31)34-4)35-27-29-22-14-24(33-3)23(32-2)13-20(22)25(30-27)28-21-12-11-17(16-9-10-16)18-7-5-6-8-19(18)21/h5-8,11-16H,9-10H2,1-4H3,(H,28,29,30). The molecule has 1 N–H and O–H groups in total. The number of methoxy groups -OCH3 is 3. The molecule has 0 aliphatic heterocycles. The van der Waals surface area contributed by atoms with Crippen molar-refractivity contribution in [2.45, 2.75) is 36.1 Å². The SMILES string of the molecule is COC(=O)C(C)Sc1nc(Nc2ccc(C3CC3)c3ccccc23)c2cc(OC)c(OC)cc2n1. The first-order valence-electron chi connectivity index (χ1n) is 11.5. The summed E-state index contributed by atoms with van der Waals surface area (Å²) in [5.74, 6) is 2.10. The van der Waals surface area contributed by atoms with Gasteiger partial charge in [-0.05, 0) is 48.8 Å². The van der Waals surface area contributed by atoms with Gasteiger partial charge in [-0.3, -0.25) is 4.79 Å². The van der Waals surface area contributed by atoms with E-state index in [1.54, 1.807) is 21.1 Å². The van der Waals surface area contributed by atoms with E-state index in [9.17, 15) is 4.79 Å². The van der Waals surface area contributed by atoms with E-state index in [0.717, 1.165) is 16.5 Å². The van der Waals surface area contributed by atoms with Crippen molar-refractivity contribution in [2.24, 2.45) is 0 Å². The summed E-state index contributed by atoms with van der Waals surface area (Å²) in [6.45, 7) is 1.77. The van der Waals surface area contributed by atoms with Crippen LogP contribution in [0.25, 0.3) is 21.7 Å². The zero-order valence-electron chi connectivity index (χ0n) is 20.1. The van der Waals surface area contributed by atoms with Crippen LogP contribution >= 0.6 is 11.8 Å². The van der Waals surface area contributed by atoms with Crippen molar-refractivity contribution in [1.29, 1.82) is 0 Å². The average Bonchev–Trinajstić information content (AvgIpc) is 3.73. The molecule has 1 aliphatic rings. The number of carbonyl (C=O) groups excluding carboxylic acids is 1. The van der Waals surface area contributed by atoms with Crippen molar-refractivity contribution in [3.05, 3.63) is 54.1 Å². The number of hydrogen-bond acceptors (Lipinski definition) is 8. The number of benzene rings is 3. The molecule has 3 aromatic carbocycles. The Morgan fingerprint density at radius 1 is 0.971 bits per heavy atom. The van der Waals surface area contributed by atoms with Crippen molar-refractivity contribution in [3.8, 4) is 11.5 Å².